The minimum absolute atomic E-state index is 0.0803. The molecular weight excluding hydrogens is 322 g/mol. The van der Waals surface area contributed by atoms with Gasteiger partial charge in [0.1, 0.15) is 0 Å². The van der Waals surface area contributed by atoms with E-state index in [1.54, 1.807) is 6.92 Å². The Morgan fingerprint density at radius 1 is 1.43 bits per heavy atom. The number of aryl methyl sites for hydroxylation is 1. The maximum atomic E-state index is 12.4. The molecule has 122 valence electrons. The Balaban J connectivity index is 1.77. The number of nitrogens with one attached hydrogen (secondary N) is 1. The molecule has 1 aliphatic rings. The molecular formula is C14H15N3O5S. The molecule has 1 saturated carbocycles. The summed E-state index contributed by atoms with van der Waals surface area (Å²) < 4.78 is 32.2. The maximum Gasteiger partial charge on any atom is 0.335 e. The Kier molecular flexibility index (Phi) is 3.90. The SMILES string of the molecule is Cc1ccc(C(=O)O)cc1S(=O)(=O)NCc1noc(C2CC2)n1. The van der Waals surface area contributed by atoms with E-state index < -0.39 is 16.0 Å². The second kappa shape index (κ2) is 5.74. The average Bonchev–Trinajstić information content (AvgIpc) is 3.24. The molecule has 0 radical (unpaired) electrons. The van der Waals surface area contributed by atoms with Crippen molar-refractivity contribution in [2.24, 2.45) is 0 Å². The number of carboxylic acid groups (broad SMARTS) is 1. The fourth-order valence-electron chi connectivity index (χ4n) is 2.10. The van der Waals surface area contributed by atoms with E-state index in [0.717, 1.165) is 18.9 Å². The smallest absolute Gasteiger partial charge is 0.335 e. The van der Waals surface area contributed by atoms with Crippen LogP contribution < -0.4 is 4.72 Å². The predicted octanol–water partition coefficient (Wildman–Crippen LogP) is 1.43. The van der Waals surface area contributed by atoms with Gasteiger partial charge in [-0.1, -0.05) is 11.2 Å². The molecule has 23 heavy (non-hydrogen) atoms. The van der Waals surface area contributed by atoms with E-state index in [2.05, 4.69) is 14.9 Å². The Hall–Kier alpha value is -2.26. The molecule has 2 N–H and O–H groups in total. The van der Waals surface area contributed by atoms with Gasteiger partial charge in [0.25, 0.3) is 0 Å². The van der Waals surface area contributed by atoms with Crippen LogP contribution in [0.1, 0.15) is 46.4 Å². The summed E-state index contributed by atoms with van der Waals surface area (Å²) >= 11 is 0. The summed E-state index contributed by atoms with van der Waals surface area (Å²) in [4.78, 5) is 15.1. The second-order valence-electron chi connectivity index (χ2n) is 5.43. The van der Waals surface area contributed by atoms with Crippen molar-refractivity contribution >= 4 is 16.0 Å². The molecule has 0 amide bonds. The quantitative estimate of drug-likeness (QED) is 0.817. The predicted molar refractivity (Wildman–Crippen MR) is 78.4 cm³/mol. The lowest BCUT2D eigenvalue weighted by Gasteiger charge is -2.08. The molecule has 3 rings (SSSR count). The van der Waals surface area contributed by atoms with Gasteiger partial charge in [0.15, 0.2) is 5.82 Å². The van der Waals surface area contributed by atoms with Crippen molar-refractivity contribution < 1.29 is 22.8 Å². The molecule has 2 aromatic rings. The number of aromatic nitrogens is 2. The maximum absolute atomic E-state index is 12.4. The zero-order valence-corrected chi connectivity index (χ0v) is 13.1. The number of benzene rings is 1. The zero-order chi connectivity index (χ0) is 16.6. The Morgan fingerprint density at radius 3 is 2.83 bits per heavy atom. The minimum Gasteiger partial charge on any atom is -0.478 e. The third-order valence-corrected chi connectivity index (χ3v) is 5.10. The highest BCUT2D eigenvalue weighted by Crippen LogP contribution is 2.38. The lowest BCUT2D eigenvalue weighted by atomic mass is 10.1. The normalized spacial score (nSPS) is 14.8. The van der Waals surface area contributed by atoms with Gasteiger partial charge in [-0.2, -0.15) is 4.98 Å². The summed E-state index contributed by atoms with van der Waals surface area (Å²) in [5, 5.41) is 12.7. The molecule has 8 nitrogen and oxygen atoms in total. The highest BCUT2D eigenvalue weighted by atomic mass is 32.2. The Bertz CT molecular complexity index is 855. The average molecular weight is 337 g/mol. The molecule has 0 saturated heterocycles. The van der Waals surface area contributed by atoms with Crippen LogP contribution in [0.2, 0.25) is 0 Å². The Labute approximate surface area is 132 Å². The molecule has 9 heteroatoms. The van der Waals surface area contributed by atoms with E-state index in [1.165, 1.54) is 12.1 Å². The van der Waals surface area contributed by atoms with Gasteiger partial charge in [-0.15, -0.1) is 0 Å². The van der Waals surface area contributed by atoms with Crippen molar-refractivity contribution in [1.29, 1.82) is 0 Å². The molecule has 0 atom stereocenters. The second-order valence-corrected chi connectivity index (χ2v) is 7.17. The zero-order valence-electron chi connectivity index (χ0n) is 12.3. The van der Waals surface area contributed by atoms with Crippen LogP contribution in [0.15, 0.2) is 27.6 Å². The molecule has 0 bridgehead atoms. The number of hydrogen-bond donors (Lipinski definition) is 2. The van der Waals surface area contributed by atoms with Gasteiger partial charge in [0, 0.05) is 5.92 Å². The third-order valence-electron chi connectivity index (χ3n) is 3.56. The van der Waals surface area contributed by atoms with Crippen LogP contribution in [-0.4, -0.2) is 29.6 Å². The monoisotopic (exact) mass is 337 g/mol. The fourth-order valence-corrected chi connectivity index (χ4v) is 3.34. The van der Waals surface area contributed by atoms with E-state index in [1.807, 2.05) is 0 Å². The first kappa shape index (κ1) is 15.6. The van der Waals surface area contributed by atoms with Crippen LogP contribution in [0.3, 0.4) is 0 Å². The molecule has 1 aromatic heterocycles. The van der Waals surface area contributed by atoms with Crippen molar-refractivity contribution in [2.45, 2.75) is 37.1 Å². The number of aromatic carboxylic acids is 1. The summed E-state index contributed by atoms with van der Waals surface area (Å²) in [5.74, 6) is -0.109. The summed E-state index contributed by atoms with van der Waals surface area (Å²) in [7, 11) is -3.88. The van der Waals surface area contributed by atoms with Gasteiger partial charge in [0.2, 0.25) is 15.9 Å². The van der Waals surface area contributed by atoms with Crippen LogP contribution in [0.5, 0.6) is 0 Å². The number of carboxylic acids is 1. The van der Waals surface area contributed by atoms with Crippen LogP contribution in [0.4, 0.5) is 0 Å². The first-order chi connectivity index (χ1) is 10.9. The molecule has 1 heterocycles. The van der Waals surface area contributed by atoms with E-state index in [0.29, 0.717) is 17.4 Å². The van der Waals surface area contributed by atoms with E-state index in [-0.39, 0.29) is 22.8 Å². The molecule has 1 fully saturated rings. The van der Waals surface area contributed by atoms with Gasteiger partial charge in [0.05, 0.1) is 17.0 Å². The topological polar surface area (TPSA) is 122 Å². The molecule has 1 aliphatic carbocycles. The standard InChI is InChI=1S/C14H15N3O5S/c1-8-2-3-10(14(18)19)6-11(8)23(20,21)15-7-12-16-13(22-17-12)9-4-5-9/h2-3,6,9,15H,4-5,7H2,1H3,(H,18,19). The van der Waals surface area contributed by atoms with E-state index in [4.69, 9.17) is 9.63 Å². The largest absolute Gasteiger partial charge is 0.478 e. The van der Waals surface area contributed by atoms with Crippen LogP contribution in [0.25, 0.3) is 0 Å². The first-order valence-electron chi connectivity index (χ1n) is 7.03. The van der Waals surface area contributed by atoms with Gasteiger partial charge in [-0.25, -0.2) is 17.9 Å². The first-order valence-corrected chi connectivity index (χ1v) is 8.51. The number of carbonyl (C=O) groups is 1. The number of rotatable bonds is 6. The summed E-state index contributed by atoms with van der Waals surface area (Å²) in [6.07, 6.45) is 2.02. The van der Waals surface area contributed by atoms with Crippen LogP contribution in [0, 0.1) is 6.92 Å². The lowest BCUT2D eigenvalue weighted by Crippen LogP contribution is -2.25. The lowest BCUT2D eigenvalue weighted by molar-refractivity contribution is 0.0696. The fraction of sp³-hybridized carbons (Fsp3) is 0.357. The minimum atomic E-state index is -3.88. The summed E-state index contributed by atoms with van der Waals surface area (Å²) in [6.45, 7) is 1.48. The molecule has 0 spiro atoms. The van der Waals surface area contributed by atoms with Gasteiger partial charge in [-0.05, 0) is 37.5 Å². The highest BCUT2D eigenvalue weighted by molar-refractivity contribution is 7.89. The molecule has 0 aliphatic heterocycles. The van der Waals surface area contributed by atoms with Crippen molar-refractivity contribution in [3.05, 3.63) is 41.0 Å². The molecule has 1 aromatic carbocycles. The van der Waals surface area contributed by atoms with Crippen LogP contribution >= 0.6 is 0 Å². The van der Waals surface area contributed by atoms with Gasteiger partial charge >= 0.3 is 5.97 Å². The van der Waals surface area contributed by atoms with Crippen molar-refractivity contribution in [3.8, 4) is 0 Å². The summed E-state index contributed by atoms with van der Waals surface area (Å²) in [6, 6.07) is 3.95. The van der Waals surface area contributed by atoms with Gasteiger partial charge < -0.3 is 9.63 Å². The number of hydrogen-bond acceptors (Lipinski definition) is 6. The van der Waals surface area contributed by atoms with Crippen molar-refractivity contribution in [3.63, 3.8) is 0 Å². The van der Waals surface area contributed by atoms with E-state index >= 15 is 0 Å². The van der Waals surface area contributed by atoms with E-state index in [9.17, 15) is 13.2 Å². The highest BCUT2D eigenvalue weighted by Gasteiger charge is 2.29. The number of nitrogens with zero attached hydrogens (tertiary/aromatic N) is 2. The summed E-state index contributed by atoms with van der Waals surface area (Å²) in [5.41, 5.74) is 0.362. The van der Waals surface area contributed by atoms with Crippen LogP contribution in [-0.2, 0) is 16.6 Å². The van der Waals surface area contributed by atoms with Crippen molar-refractivity contribution in [1.82, 2.24) is 14.9 Å². The number of sulfonamides is 1. The third kappa shape index (κ3) is 3.40. The van der Waals surface area contributed by atoms with Crippen molar-refractivity contribution in [2.75, 3.05) is 0 Å². The molecule has 0 unspecified atom stereocenters. The van der Waals surface area contributed by atoms with Gasteiger partial charge in [-0.3, -0.25) is 0 Å². The Morgan fingerprint density at radius 2 is 2.17 bits per heavy atom.